The Morgan fingerprint density at radius 2 is 1.73 bits per heavy atom. The van der Waals surface area contributed by atoms with Gasteiger partial charge in [-0.25, -0.2) is 0 Å². The van der Waals surface area contributed by atoms with Crippen LogP contribution >= 0.6 is 15.9 Å². The van der Waals surface area contributed by atoms with Gasteiger partial charge in [-0.3, -0.25) is 4.79 Å². The van der Waals surface area contributed by atoms with Crippen molar-refractivity contribution in [2.45, 2.75) is 33.8 Å². The molecular weight excluding hydrogens is 342 g/mol. The summed E-state index contributed by atoms with van der Waals surface area (Å²) in [5.74, 6) is 0.496. The van der Waals surface area contributed by atoms with E-state index in [4.69, 9.17) is 4.74 Å². The highest BCUT2D eigenvalue weighted by Crippen LogP contribution is 2.27. The Morgan fingerprint density at radius 1 is 1.09 bits per heavy atom. The lowest BCUT2D eigenvalue weighted by Crippen LogP contribution is -2.30. The summed E-state index contributed by atoms with van der Waals surface area (Å²) in [6.45, 7) is 7.72. The molecule has 2 aromatic rings. The van der Waals surface area contributed by atoms with Gasteiger partial charge in [-0.1, -0.05) is 18.2 Å². The predicted octanol–water partition coefficient (Wildman–Crippen LogP) is 4.78. The first-order chi connectivity index (χ1) is 10.4. The number of hydrogen-bond acceptors (Lipinski definition) is 2. The third-order valence-electron chi connectivity index (χ3n) is 3.41. The molecule has 0 spiro atoms. The summed E-state index contributed by atoms with van der Waals surface area (Å²) in [6.07, 6.45) is -0.584. The van der Waals surface area contributed by atoms with Gasteiger partial charge in [-0.2, -0.15) is 0 Å². The third-order valence-corrected chi connectivity index (χ3v) is 4.03. The van der Waals surface area contributed by atoms with Gasteiger partial charge in [0.2, 0.25) is 0 Å². The molecule has 22 heavy (non-hydrogen) atoms. The lowest BCUT2D eigenvalue weighted by Gasteiger charge is -2.17. The summed E-state index contributed by atoms with van der Waals surface area (Å²) in [6, 6.07) is 11.8. The number of anilines is 1. The minimum absolute atomic E-state index is 0.166. The zero-order valence-corrected chi connectivity index (χ0v) is 14.8. The fourth-order valence-corrected chi connectivity index (χ4v) is 2.64. The summed E-state index contributed by atoms with van der Waals surface area (Å²) >= 11 is 3.46. The molecule has 0 saturated carbocycles. The van der Waals surface area contributed by atoms with Crippen molar-refractivity contribution < 1.29 is 9.53 Å². The molecule has 4 heteroatoms. The van der Waals surface area contributed by atoms with Crippen molar-refractivity contribution in [2.75, 3.05) is 5.32 Å². The molecule has 3 nitrogen and oxygen atoms in total. The highest BCUT2D eigenvalue weighted by atomic mass is 79.9. The van der Waals surface area contributed by atoms with E-state index in [2.05, 4.69) is 21.2 Å². The van der Waals surface area contributed by atoms with Crippen molar-refractivity contribution in [2.24, 2.45) is 0 Å². The smallest absolute Gasteiger partial charge is 0.265 e. The minimum Gasteiger partial charge on any atom is -0.480 e. The van der Waals surface area contributed by atoms with E-state index in [0.717, 1.165) is 26.9 Å². The highest BCUT2D eigenvalue weighted by Gasteiger charge is 2.17. The first kappa shape index (κ1) is 16.6. The lowest BCUT2D eigenvalue weighted by molar-refractivity contribution is -0.122. The third kappa shape index (κ3) is 4.10. The Hall–Kier alpha value is -1.81. The molecule has 0 fully saturated rings. The number of aryl methyl sites for hydroxylation is 3. The van der Waals surface area contributed by atoms with Crippen LogP contribution in [0.1, 0.15) is 23.6 Å². The van der Waals surface area contributed by atoms with Crippen molar-refractivity contribution in [3.63, 3.8) is 0 Å². The van der Waals surface area contributed by atoms with Crippen LogP contribution in [0.4, 0.5) is 5.69 Å². The molecular formula is C18H20BrNO2. The first-order valence-corrected chi connectivity index (χ1v) is 7.97. The van der Waals surface area contributed by atoms with Crippen molar-refractivity contribution in [1.29, 1.82) is 0 Å². The number of hydrogen-bond donors (Lipinski definition) is 1. The average Bonchev–Trinajstić information content (AvgIpc) is 2.45. The van der Waals surface area contributed by atoms with Gasteiger partial charge in [-0.15, -0.1) is 0 Å². The lowest BCUT2D eigenvalue weighted by atomic mass is 10.1. The summed E-state index contributed by atoms with van der Waals surface area (Å²) < 4.78 is 6.59. The van der Waals surface area contributed by atoms with E-state index in [-0.39, 0.29) is 5.91 Å². The van der Waals surface area contributed by atoms with E-state index in [9.17, 15) is 4.79 Å². The second kappa shape index (κ2) is 6.97. The van der Waals surface area contributed by atoms with Crippen LogP contribution in [-0.2, 0) is 4.79 Å². The van der Waals surface area contributed by atoms with E-state index in [1.54, 1.807) is 6.92 Å². The van der Waals surface area contributed by atoms with Crippen LogP contribution in [0.3, 0.4) is 0 Å². The second-order valence-corrected chi connectivity index (χ2v) is 6.36. The van der Waals surface area contributed by atoms with Crippen LogP contribution in [0.5, 0.6) is 5.75 Å². The molecule has 116 valence electrons. The van der Waals surface area contributed by atoms with E-state index in [0.29, 0.717) is 5.75 Å². The number of carbonyl (C=O) groups excluding carboxylic acids is 1. The Morgan fingerprint density at radius 3 is 2.41 bits per heavy atom. The van der Waals surface area contributed by atoms with Crippen LogP contribution in [0, 0.1) is 20.8 Å². The molecule has 1 amide bonds. The highest BCUT2D eigenvalue weighted by molar-refractivity contribution is 9.10. The molecule has 0 bridgehead atoms. The Kier molecular flexibility index (Phi) is 5.24. The Bertz CT molecular complexity index is 697. The van der Waals surface area contributed by atoms with Gasteiger partial charge in [-0.05, 0) is 78.5 Å². The van der Waals surface area contributed by atoms with Crippen LogP contribution in [-0.4, -0.2) is 12.0 Å². The van der Waals surface area contributed by atoms with E-state index < -0.39 is 6.10 Å². The molecule has 1 N–H and O–H groups in total. The van der Waals surface area contributed by atoms with Gasteiger partial charge in [0.15, 0.2) is 6.10 Å². The normalized spacial score (nSPS) is 11.9. The molecule has 2 aromatic carbocycles. The number of nitrogens with one attached hydrogen (secondary N) is 1. The van der Waals surface area contributed by atoms with Gasteiger partial charge < -0.3 is 10.1 Å². The van der Waals surface area contributed by atoms with Crippen LogP contribution in [0.15, 0.2) is 40.9 Å². The van der Waals surface area contributed by atoms with Crippen molar-refractivity contribution in [3.8, 4) is 5.75 Å². The van der Waals surface area contributed by atoms with Gasteiger partial charge in [0.05, 0.1) is 4.47 Å². The van der Waals surface area contributed by atoms with Gasteiger partial charge in [0, 0.05) is 5.69 Å². The molecule has 0 radical (unpaired) electrons. The fraction of sp³-hybridized carbons (Fsp3) is 0.278. The van der Waals surface area contributed by atoms with Crippen LogP contribution in [0.2, 0.25) is 0 Å². The first-order valence-electron chi connectivity index (χ1n) is 7.18. The maximum atomic E-state index is 12.3. The van der Waals surface area contributed by atoms with Gasteiger partial charge in [0.1, 0.15) is 5.75 Å². The largest absolute Gasteiger partial charge is 0.480 e. The maximum absolute atomic E-state index is 12.3. The van der Waals surface area contributed by atoms with E-state index in [1.807, 2.05) is 57.2 Å². The van der Waals surface area contributed by atoms with Crippen molar-refractivity contribution in [1.82, 2.24) is 0 Å². The molecule has 0 aliphatic heterocycles. The van der Waals surface area contributed by atoms with Crippen molar-refractivity contribution in [3.05, 3.63) is 57.6 Å². The van der Waals surface area contributed by atoms with E-state index >= 15 is 0 Å². The molecule has 1 atom stereocenters. The predicted molar refractivity (Wildman–Crippen MR) is 93.5 cm³/mol. The zero-order chi connectivity index (χ0) is 16.3. The maximum Gasteiger partial charge on any atom is 0.265 e. The van der Waals surface area contributed by atoms with E-state index in [1.165, 1.54) is 0 Å². The molecule has 1 unspecified atom stereocenters. The number of rotatable bonds is 4. The summed E-state index contributed by atoms with van der Waals surface area (Å²) in [7, 11) is 0. The Labute approximate surface area is 139 Å². The standard InChI is InChI=1S/C18H20BrNO2/c1-11-6-8-17(15(19)9-11)22-14(4)18(21)20-16-10-12(2)5-7-13(16)3/h5-10,14H,1-4H3,(H,20,21). The van der Waals surface area contributed by atoms with Crippen LogP contribution in [0.25, 0.3) is 0 Å². The number of ether oxygens (including phenoxy) is 1. The molecule has 0 aliphatic rings. The molecule has 0 aliphatic carbocycles. The topological polar surface area (TPSA) is 38.3 Å². The number of carbonyl (C=O) groups is 1. The minimum atomic E-state index is -0.584. The Balaban J connectivity index is 2.07. The quantitative estimate of drug-likeness (QED) is 0.850. The molecule has 0 saturated heterocycles. The molecule has 2 rings (SSSR count). The number of halogens is 1. The number of amides is 1. The summed E-state index contributed by atoms with van der Waals surface area (Å²) in [4.78, 5) is 12.3. The van der Waals surface area contributed by atoms with Gasteiger partial charge in [0.25, 0.3) is 5.91 Å². The summed E-state index contributed by atoms with van der Waals surface area (Å²) in [5, 5.41) is 2.92. The van der Waals surface area contributed by atoms with Crippen LogP contribution < -0.4 is 10.1 Å². The fourth-order valence-electron chi connectivity index (χ4n) is 2.05. The average molecular weight is 362 g/mol. The second-order valence-electron chi connectivity index (χ2n) is 5.50. The molecule has 0 aromatic heterocycles. The monoisotopic (exact) mass is 361 g/mol. The molecule has 0 heterocycles. The van der Waals surface area contributed by atoms with Crippen molar-refractivity contribution >= 4 is 27.5 Å². The number of benzene rings is 2. The SMILES string of the molecule is Cc1ccc(OC(C)C(=O)Nc2cc(C)ccc2C)c(Br)c1. The van der Waals surface area contributed by atoms with Gasteiger partial charge >= 0.3 is 0 Å². The summed E-state index contributed by atoms with van der Waals surface area (Å²) in [5.41, 5.74) is 4.09. The zero-order valence-electron chi connectivity index (χ0n) is 13.2.